The van der Waals surface area contributed by atoms with Crippen molar-refractivity contribution in [3.63, 3.8) is 0 Å². The molecule has 4 nitrogen and oxygen atoms in total. The van der Waals surface area contributed by atoms with Gasteiger partial charge in [-0.15, -0.1) is 11.8 Å². The average molecular weight is 425 g/mol. The first-order valence-electron chi connectivity index (χ1n) is 11.0. The van der Waals surface area contributed by atoms with E-state index in [2.05, 4.69) is 10.6 Å². The maximum Gasteiger partial charge on any atom is 0.252 e. The molecule has 0 radical (unpaired) electrons. The minimum atomic E-state index is -0.116. The zero-order valence-corrected chi connectivity index (χ0v) is 18.5. The molecule has 2 aromatic rings. The van der Waals surface area contributed by atoms with Crippen molar-refractivity contribution in [2.45, 2.75) is 68.8 Å². The van der Waals surface area contributed by atoms with Crippen LogP contribution in [0.2, 0.25) is 0 Å². The van der Waals surface area contributed by atoms with Gasteiger partial charge in [-0.25, -0.2) is 0 Å². The van der Waals surface area contributed by atoms with Crippen molar-refractivity contribution in [3.8, 4) is 0 Å². The Morgan fingerprint density at radius 1 is 0.933 bits per heavy atom. The van der Waals surface area contributed by atoms with Crippen molar-refractivity contribution in [3.05, 3.63) is 65.7 Å². The Bertz CT molecular complexity index is 817. The van der Waals surface area contributed by atoms with Gasteiger partial charge >= 0.3 is 0 Å². The molecule has 0 unspecified atom stereocenters. The molecule has 0 spiro atoms. The highest BCUT2D eigenvalue weighted by Crippen LogP contribution is 2.24. The van der Waals surface area contributed by atoms with E-state index in [0.717, 1.165) is 23.3 Å². The number of hydrogen-bond acceptors (Lipinski definition) is 3. The van der Waals surface area contributed by atoms with Crippen LogP contribution in [0.5, 0.6) is 0 Å². The molecule has 0 aromatic heterocycles. The molecule has 2 N–H and O–H groups in total. The fourth-order valence-electron chi connectivity index (χ4n) is 3.89. The third-order valence-corrected chi connectivity index (χ3v) is 6.68. The van der Waals surface area contributed by atoms with E-state index in [1.54, 1.807) is 0 Å². The molecule has 5 heteroatoms. The summed E-state index contributed by atoms with van der Waals surface area (Å²) < 4.78 is 0. The summed E-state index contributed by atoms with van der Waals surface area (Å²) in [4.78, 5) is 26.2. The molecule has 1 aliphatic rings. The normalized spacial score (nSPS) is 16.2. The topological polar surface area (TPSA) is 58.2 Å². The molecule has 160 valence electrons. The first-order chi connectivity index (χ1) is 14.6. The monoisotopic (exact) mass is 424 g/mol. The lowest BCUT2D eigenvalue weighted by Gasteiger charge is -2.21. The van der Waals surface area contributed by atoms with E-state index in [1.165, 1.54) is 43.9 Å². The van der Waals surface area contributed by atoms with E-state index in [0.29, 0.717) is 17.4 Å². The van der Waals surface area contributed by atoms with Crippen molar-refractivity contribution in [2.24, 2.45) is 0 Å². The van der Waals surface area contributed by atoms with Crippen LogP contribution in [-0.2, 0) is 4.79 Å². The minimum absolute atomic E-state index is 0.0541. The molecular weight excluding hydrogens is 392 g/mol. The third kappa shape index (κ3) is 6.91. The summed E-state index contributed by atoms with van der Waals surface area (Å²) in [5, 5.41) is 6.27. The molecule has 0 saturated heterocycles. The van der Waals surface area contributed by atoms with E-state index in [-0.39, 0.29) is 17.9 Å². The van der Waals surface area contributed by atoms with Crippen molar-refractivity contribution in [2.75, 3.05) is 5.75 Å². The third-order valence-electron chi connectivity index (χ3n) is 5.61. The van der Waals surface area contributed by atoms with Gasteiger partial charge in [-0.05, 0) is 37.5 Å². The van der Waals surface area contributed by atoms with Crippen molar-refractivity contribution >= 4 is 23.6 Å². The molecule has 0 heterocycles. The second kappa shape index (κ2) is 11.8. The SMILES string of the molecule is C[C@H](NC(=O)c1ccccc1SCC(=O)NC1CCCCCCC1)c1ccccc1. The summed E-state index contributed by atoms with van der Waals surface area (Å²) in [5.74, 6) is 0.267. The van der Waals surface area contributed by atoms with Gasteiger partial charge in [0, 0.05) is 10.9 Å². The fourth-order valence-corrected chi connectivity index (χ4v) is 4.75. The maximum atomic E-state index is 12.9. The predicted molar refractivity (Wildman–Crippen MR) is 124 cm³/mol. The molecule has 3 rings (SSSR count). The molecule has 0 aliphatic heterocycles. The molecule has 1 fully saturated rings. The van der Waals surface area contributed by atoms with Crippen molar-refractivity contribution < 1.29 is 9.59 Å². The van der Waals surface area contributed by atoms with Crippen LogP contribution in [0.25, 0.3) is 0 Å². The number of carbonyl (C=O) groups is 2. The molecule has 30 heavy (non-hydrogen) atoms. The second-order valence-corrected chi connectivity index (χ2v) is 9.02. The Kier molecular flexibility index (Phi) is 8.81. The van der Waals surface area contributed by atoms with Crippen LogP contribution >= 0.6 is 11.8 Å². The van der Waals surface area contributed by atoms with Crippen LogP contribution in [0.4, 0.5) is 0 Å². The predicted octanol–water partition coefficient (Wildman–Crippen LogP) is 5.50. The van der Waals surface area contributed by atoms with E-state index in [1.807, 2.05) is 61.5 Å². The van der Waals surface area contributed by atoms with E-state index in [9.17, 15) is 9.59 Å². The van der Waals surface area contributed by atoms with Crippen molar-refractivity contribution in [1.82, 2.24) is 10.6 Å². The lowest BCUT2D eigenvalue weighted by molar-refractivity contribution is -0.119. The largest absolute Gasteiger partial charge is 0.353 e. The molecule has 1 saturated carbocycles. The highest BCUT2D eigenvalue weighted by molar-refractivity contribution is 8.00. The van der Waals surface area contributed by atoms with Gasteiger partial charge in [-0.2, -0.15) is 0 Å². The van der Waals surface area contributed by atoms with Crippen LogP contribution in [0.3, 0.4) is 0 Å². The quantitative estimate of drug-likeness (QED) is 0.577. The molecule has 1 atom stereocenters. The van der Waals surface area contributed by atoms with Crippen LogP contribution in [0.1, 0.15) is 73.8 Å². The Labute approximate surface area is 184 Å². The maximum absolute atomic E-state index is 12.9. The first-order valence-corrected chi connectivity index (χ1v) is 12.0. The Hall–Kier alpha value is -2.27. The van der Waals surface area contributed by atoms with Crippen LogP contribution in [0.15, 0.2) is 59.5 Å². The fraction of sp³-hybridized carbons (Fsp3) is 0.440. The Morgan fingerprint density at radius 3 is 2.30 bits per heavy atom. The number of rotatable bonds is 7. The standard InChI is InChI=1S/C25H32N2O2S/c1-19(20-12-6-5-7-13-20)26-25(29)22-16-10-11-17-23(22)30-18-24(28)27-21-14-8-3-2-4-9-15-21/h5-7,10-13,16-17,19,21H,2-4,8-9,14-15,18H2,1H3,(H,26,29)(H,27,28)/t19-/m0/s1. The molecule has 2 aromatic carbocycles. The Balaban J connectivity index is 1.55. The number of amides is 2. The van der Waals surface area contributed by atoms with Gasteiger partial charge < -0.3 is 10.6 Å². The van der Waals surface area contributed by atoms with E-state index in [4.69, 9.17) is 0 Å². The van der Waals surface area contributed by atoms with E-state index >= 15 is 0 Å². The van der Waals surface area contributed by atoms with Gasteiger partial charge in [-0.1, -0.05) is 74.6 Å². The summed E-state index contributed by atoms with van der Waals surface area (Å²) in [6.07, 6.45) is 8.40. The molecular formula is C25H32N2O2S. The summed E-state index contributed by atoms with van der Waals surface area (Å²) in [5.41, 5.74) is 1.68. The number of thioether (sulfide) groups is 1. The van der Waals surface area contributed by atoms with Gasteiger partial charge in [0.15, 0.2) is 0 Å². The van der Waals surface area contributed by atoms with Crippen LogP contribution in [-0.4, -0.2) is 23.6 Å². The first kappa shape index (κ1) is 22.4. The van der Waals surface area contributed by atoms with Gasteiger partial charge in [0.1, 0.15) is 0 Å². The minimum Gasteiger partial charge on any atom is -0.353 e. The highest BCUT2D eigenvalue weighted by atomic mass is 32.2. The lowest BCUT2D eigenvalue weighted by atomic mass is 9.97. The second-order valence-electron chi connectivity index (χ2n) is 8.00. The average Bonchev–Trinajstić information content (AvgIpc) is 2.75. The van der Waals surface area contributed by atoms with Gasteiger partial charge in [0.2, 0.25) is 5.91 Å². The number of hydrogen-bond donors (Lipinski definition) is 2. The lowest BCUT2D eigenvalue weighted by Crippen LogP contribution is -2.36. The summed E-state index contributed by atoms with van der Waals surface area (Å²) >= 11 is 1.43. The molecule has 0 bridgehead atoms. The smallest absolute Gasteiger partial charge is 0.252 e. The zero-order chi connectivity index (χ0) is 21.2. The highest BCUT2D eigenvalue weighted by Gasteiger charge is 2.17. The van der Waals surface area contributed by atoms with E-state index < -0.39 is 0 Å². The Morgan fingerprint density at radius 2 is 1.57 bits per heavy atom. The summed E-state index contributed by atoms with van der Waals surface area (Å²) in [7, 11) is 0. The number of carbonyl (C=O) groups excluding carboxylic acids is 2. The van der Waals surface area contributed by atoms with Crippen LogP contribution < -0.4 is 10.6 Å². The zero-order valence-electron chi connectivity index (χ0n) is 17.7. The van der Waals surface area contributed by atoms with Crippen LogP contribution in [0, 0.1) is 0 Å². The molecule has 2 amide bonds. The number of nitrogens with one attached hydrogen (secondary N) is 2. The van der Waals surface area contributed by atoms with Crippen molar-refractivity contribution in [1.29, 1.82) is 0 Å². The van der Waals surface area contributed by atoms with Gasteiger partial charge in [0.05, 0.1) is 17.4 Å². The summed E-state index contributed by atoms with van der Waals surface area (Å²) in [6.45, 7) is 1.98. The van der Waals surface area contributed by atoms with Gasteiger partial charge in [-0.3, -0.25) is 9.59 Å². The van der Waals surface area contributed by atoms with Gasteiger partial charge in [0.25, 0.3) is 5.91 Å². The molecule has 1 aliphatic carbocycles. The number of benzene rings is 2. The summed E-state index contributed by atoms with van der Waals surface area (Å²) in [6, 6.07) is 17.6.